The lowest BCUT2D eigenvalue weighted by atomic mass is 10.3. The molecule has 0 fully saturated rings. The van der Waals surface area contributed by atoms with Crippen LogP contribution in [-0.2, 0) is 10.0 Å². The molecule has 0 amide bonds. The highest BCUT2D eigenvalue weighted by Gasteiger charge is 2.26. The van der Waals surface area contributed by atoms with E-state index in [2.05, 4.69) is 15.9 Å². The van der Waals surface area contributed by atoms with Gasteiger partial charge in [-0.25, -0.2) is 8.42 Å². The highest BCUT2D eigenvalue weighted by Crippen LogP contribution is 2.29. The number of thiophene rings is 1. The molecule has 0 aliphatic heterocycles. The van der Waals surface area contributed by atoms with Gasteiger partial charge in [0.25, 0.3) is 10.0 Å². The smallest absolute Gasteiger partial charge is 0.206 e. The summed E-state index contributed by atoms with van der Waals surface area (Å²) in [4.78, 5) is 0. The van der Waals surface area contributed by atoms with Crippen LogP contribution in [0.1, 0.15) is 13.3 Å². The summed E-state index contributed by atoms with van der Waals surface area (Å²) in [5, 5.41) is 0. The van der Waals surface area contributed by atoms with Crippen molar-refractivity contribution in [3.63, 3.8) is 0 Å². The minimum Gasteiger partial charge on any atom is -0.206 e. The van der Waals surface area contributed by atoms with E-state index in [0.29, 0.717) is 4.21 Å². The average Bonchev–Trinajstić information content (AvgIpc) is 2.72. The standard InChI is InChI=1S/C10H16BrNO2S3/c1-8(6-7-15-3)12(2)17(13,14)10-5-4-9(11)16-10/h4-5,8H,6-7H2,1-3H3. The van der Waals surface area contributed by atoms with E-state index in [1.165, 1.54) is 15.6 Å². The summed E-state index contributed by atoms with van der Waals surface area (Å²) in [6.45, 7) is 1.94. The fourth-order valence-corrected chi connectivity index (χ4v) is 5.45. The predicted octanol–water partition coefficient (Wildman–Crippen LogP) is 3.27. The summed E-state index contributed by atoms with van der Waals surface area (Å²) in [6.07, 6.45) is 2.89. The van der Waals surface area contributed by atoms with Crippen LogP contribution in [0.25, 0.3) is 0 Å². The van der Waals surface area contributed by atoms with Gasteiger partial charge < -0.3 is 0 Å². The maximum Gasteiger partial charge on any atom is 0.252 e. The Kier molecular flexibility index (Phi) is 5.98. The number of hydrogen-bond acceptors (Lipinski definition) is 4. The van der Waals surface area contributed by atoms with Crippen molar-refractivity contribution in [2.75, 3.05) is 19.1 Å². The summed E-state index contributed by atoms with van der Waals surface area (Å²) in [7, 11) is -1.69. The Morgan fingerprint density at radius 1 is 1.53 bits per heavy atom. The molecule has 0 radical (unpaired) electrons. The minimum absolute atomic E-state index is 0.0216. The van der Waals surface area contributed by atoms with Crippen LogP contribution < -0.4 is 0 Å². The Balaban J connectivity index is 2.83. The first-order chi connectivity index (χ1) is 7.89. The molecule has 1 rings (SSSR count). The van der Waals surface area contributed by atoms with Crippen LogP contribution in [-0.4, -0.2) is 37.8 Å². The van der Waals surface area contributed by atoms with E-state index in [4.69, 9.17) is 0 Å². The van der Waals surface area contributed by atoms with Crippen molar-refractivity contribution in [2.24, 2.45) is 0 Å². The van der Waals surface area contributed by atoms with Crippen LogP contribution in [0, 0.1) is 0 Å². The summed E-state index contributed by atoms with van der Waals surface area (Å²) < 4.78 is 27.2. The summed E-state index contributed by atoms with van der Waals surface area (Å²) in [5.74, 6) is 0.967. The number of hydrogen-bond donors (Lipinski definition) is 0. The van der Waals surface area contributed by atoms with Crippen molar-refractivity contribution >= 4 is 49.1 Å². The molecular formula is C10H16BrNO2S3. The zero-order valence-corrected chi connectivity index (χ0v) is 14.0. The highest BCUT2D eigenvalue weighted by atomic mass is 79.9. The van der Waals surface area contributed by atoms with E-state index < -0.39 is 10.0 Å². The van der Waals surface area contributed by atoms with Crippen LogP contribution in [0.2, 0.25) is 0 Å². The van der Waals surface area contributed by atoms with Crippen molar-refractivity contribution in [3.05, 3.63) is 15.9 Å². The van der Waals surface area contributed by atoms with Crippen molar-refractivity contribution in [3.8, 4) is 0 Å². The maximum atomic E-state index is 12.3. The largest absolute Gasteiger partial charge is 0.252 e. The second-order valence-corrected chi connectivity index (χ2v) is 9.38. The second kappa shape index (κ2) is 6.56. The Morgan fingerprint density at radius 2 is 2.18 bits per heavy atom. The molecule has 0 bridgehead atoms. The van der Waals surface area contributed by atoms with Crippen LogP contribution in [0.3, 0.4) is 0 Å². The van der Waals surface area contributed by atoms with Gasteiger partial charge in [-0.15, -0.1) is 11.3 Å². The first kappa shape index (κ1) is 15.5. The molecular weight excluding hydrogens is 342 g/mol. The van der Waals surface area contributed by atoms with Gasteiger partial charge in [-0.3, -0.25) is 0 Å². The highest BCUT2D eigenvalue weighted by molar-refractivity contribution is 9.11. The van der Waals surface area contributed by atoms with E-state index in [9.17, 15) is 8.42 Å². The Labute approximate surface area is 120 Å². The van der Waals surface area contributed by atoms with Gasteiger partial charge >= 0.3 is 0 Å². The number of thioether (sulfide) groups is 1. The first-order valence-electron chi connectivity index (χ1n) is 5.12. The Morgan fingerprint density at radius 3 is 2.65 bits per heavy atom. The molecule has 1 heterocycles. The lowest BCUT2D eigenvalue weighted by Gasteiger charge is -2.23. The van der Waals surface area contributed by atoms with Gasteiger partial charge in [0.15, 0.2) is 0 Å². The zero-order valence-electron chi connectivity index (χ0n) is 10.0. The number of halogens is 1. The van der Waals surface area contributed by atoms with Crippen LogP contribution in [0.4, 0.5) is 0 Å². The lowest BCUT2D eigenvalue weighted by molar-refractivity contribution is 0.383. The Bertz CT molecular complexity index is 458. The third-order valence-electron chi connectivity index (χ3n) is 2.54. The molecule has 0 aliphatic carbocycles. The molecule has 0 saturated carbocycles. The summed E-state index contributed by atoms with van der Waals surface area (Å²) >= 11 is 6.26. The summed E-state index contributed by atoms with van der Waals surface area (Å²) in [5.41, 5.74) is 0. The molecule has 3 nitrogen and oxygen atoms in total. The topological polar surface area (TPSA) is 37.4 Å². The van der Waals surface area contributed by atoms with Gasteiger partial charge in [0, 0.05) is 13.1 Å². The minimum atomic E-state index is -3.34. The zero-order chi connectivity index (χ0) is 13.1. The van der Waals surface area contributed by atoms with E-state index in [-0.39, 0.29) is 6.04 Å². The molecule has 0 aromatic carbocycles. The molecule has 0 aliphatic rings. The number of rotatable bonds is 6. The number of nitrogens with zero attached hydrogens (tertiary/aromatic N) is 1. The molecule has 7 heteroatoms. The molecule has 0 N–H and O–H groups in total. The molecule has 17 heavy (non-hydrogen) atoms. The quantitative estimate of drug-likeness (QED) is 0.783. The lowest BCUT2D eigenvalue weighted by Crippen LogP contribution is -2.35. The Hall–Kier alpha value is 0.440. The van der Waals surface area contributed by atoms with E-state index in [1.54, 1.807) is 30.9 Å². The van der Waals surface area contributed by atoms with Gasteiger partial charge in [0.1, 0.15) is 4.21 Å². The first-order valence-corrected chi connectivity index (χ1v) is 9.56. The van der Waals surface area contributed by atoms with E-state index >= 15 is 0 Å². The monoisotopic (exact) mass is 357 g/mol. The summed E-state index contributed by atoms with van der Waals surface area (Å²) in [6, 6.07) is 3.42. The average molecular weight is 358 g/mol. The molecule has 0 spiro atoms. The van der Waals surface area contributed by atoms with Gasteiger partial charge in [0.05, 0.1) is 3.79 Å². The molecule has 98 valence electrons. The molecule has 0 saturated heterocycles. The van der Waals surface area contributed by atoms with E-state index in [1.807, 2.05) is 13.2 Å². The van der Waals surface area contributed by atoms with Crippen LogP contribution in [0.15, 0.2) is 20.1 Å². The van der Waals surface area contributed by atoms with Gasteiger partial charge in [-0.1, -0.05) is 0 Å². The molecule has 1 aromatic heterocycles. The molecule has 1 unspecified atom stereocenters. The van der Waals surface area contributed by atoms with Crippen LogP contribution >= 0.6 is 39.0 Å². The normalized spacial score (nSPS) is 14.2. The third-order valence-corrected chi connectivity index (χ3v) is 7.25. The molecule has 1 atom stereocenters. The number of sulfonamides is 1. The van der Waals surface area contributed by atoms with Gasteiger partial charge in [0.2, 0.25) is 0 Å². The van der Waals surface area contributed by atoms with Crippen LogP contribution in [0.5, 0.6) is 0 Å². The fourth-order valence-electron chi connectivity index (χ4n) is 1.29. The SMILES string of the molecule is CSCCC(C)N(C)S(=O)(=O)c1ccc(Br)s1. The second-order valence-electron chi connectivity index (χ2n) is 3.71. The predicted molar refractivity (Wildman–Crippen MR) is 79.4 cm³/mol. The molecule has 1 aromatic rings. The third kappa shape index (κ3) is 3.96. The van der Waals surface area contributed by atoms with Crippen molar-refractivity contribution in [1.29, 1.82) is 0 Å². The van der Waals surface area contributed by atoms with Crippen molar-refractivity contribution in [2.45, 2.75) is 23.6 Å². The van der Waals surface area contributed by atoms with Gasteiger partial charge in [-0.05, 0) is 53.4 Å². The fraction of sp³-hybridized carbons (Fsp3) is 0.600. The van der Waals surface area contributed by atoms with Gasteiger partial charge in [-0.2, -0.15) is 16.1 Å². The van der Waals surface area contributed by atoms with Crippen molar-refractivity contribution in [1.82, 2.24) is 4.31 Å². The van der Waals surface area contributed by atoms with E-state index in [0.717, 1.165) is 16.0 Å². The van der Waals surface area contributed by atoms with Crippen molar-refractivity contribution < 1.29 is 8.42 Å². The maximum absolute atomic E-state index is 12.3.